The fourth-order valence-electron chi connectivity index (χ4n) is 1.81. The van der Waals surface area contributed by atoms with E-state index in [1.807, 2.05) is 24.3 Å². The molecule has 0 bridgehead atoms. The summed E-state index contributed by atoms with van der Waals surface area (Å²) >= 11 is 4.47. The number of hydrogen-bond donors (Lipinski definition) is 0. The molecule has 0 spiro atoms. The summed E-state index contributed by atoms with van der Waals surface area (Å²) in [6.45, 7) is 4.20. The van der Waals surface area contributed by atoms with E-state index in [0.29, 0.717) is 17.9 Å². The van der Waals surface area contributed by atoms with Crippen LogP contribution in [0.4, 0.5) is 10.1 Å². The highest BCUT2D eigenvalue weighted by atomic mass is 32.1. The Morgan fingerprint density at radius 2 is 2.04 bits per heavy atom. The normalized spacial score (nSPS) is 9.26. The summed E-state index contributed by atoms with van der Waals surface area (Å²) < 4.78 is 19.4. The average Bonchev–Trinajstić information content (AvgIpc) is 2.56. The molecule has 0 fully saturated rings. The van der Waals surface area contributed by atoms with Crippen LogP contribution in [-0.4, -0.2) is 11.8 Å². The maximum absolute atomic E-state index is 13.8. The highest BCUT2D eigenvalue weighted by molar-refractivity contribution is 7.78. The quantitative estimate of drug-likeness (QED) is 0.256. The average molecular weight is 323 g/mol. The second-order valence-electron chi connectivity index (χ2n) is 4.54. The van der Waals surface area contributed by atoms with E-state index < -0.39 is 5.82 Å². The van der Waals surface area contributed by atoms with Gasteiger partial charge >= 0.3 is 0 Å². The third-order valence-electron chi connectivity index (χ3n) is 2.92. The molecule has 2 nitrogen and oxygen atoms in total. The Morgan fingerprint density at radius 1 is 1.22 bits per heavy atom. The van der Waals surface area contributed by atoms with Gasteiger partial charge in [-0.3, -0.25) is 0 Å². The van der Waals surface area contributed by atoms with Crippen molar-refractivity contribution in [2.75, 3.05) is 6.61 Å². The molecule has 0 heterocycles. The molecule has 0 aliphatic heterocycles. The first-order valence-electron chi connectivity index (χ1n) is 6.96. The second-order valence-corrected chi connectivity index (χ2v) is 4.72. The molecule has 0 amide bonds. The largest absolute Gasteiger partial charge is 0.492 e. The van der Waals surface area contributed by atoms with Crippen LogP contribution in [-0.2, 0) is 0 Å². The maximum atomic E-state index is 13.8. The Labute approximate surface area is 140 Å². The van der Waals surface area contributed by atoms with Crippen molar-refractivity contribution < 1.29 is 9.13 Å². The minimum Gasteiger partial charge on any atom is -0.492 e. The number of benzene rings is 2. The highest BCUT2D eigenvalue weighted by Gasteiger charge is 2.02. The first kappa shape index (κ1) is 16.6. The summed E-state index contributed by atoms with van der Waals surface area (Å²) in [5, 5.41) is 2.14. The molecule has 0 N–H and O–H groups in total. The van der Waals surface area contributed by atoms with Crippen molar-refractivity contribution in [3.8, 4) is 17.6 Å². The van der Waals surface area contributed by atoms with Gasteiger partial charge in [0.1, 0.15) is 11.4 Å². The van der Waals surface area contributed by atoms with Crippen LogP contribution in [0.3, 0.4) is 0 Å². The SMILES string of the molecule is C=CCCOc1ccccc1C#Cc1ccc(N=C=S)c(F)c1. The van der Waals surface area contributed by atoms with E-state index in [1.54, 1.807) is 12.1 Å². The number of isothiocyanates is 1. The number of thiocarbonyl (C=S) groups is 1. The number of halogens is 1. The maximum Gasteiger partial charge on any atom is 0.150 e. The monoisotopic (exact) mass is 323 g/mol. The number of rotatable bonds is 5. The van der Waals surface area contributed by atoms with Gasteiger partial charge in [-0.25, -0.2) is 4.39 Å². The zero-order valence-corrected chi connectivity index (χ0v) is 13.2. The number of nitrogens with zero attached hydrogens (tertiary/aromatic N) is 1. The number of aliphatic imine (C=N–C) groups is 1. The Kier molecular flexibility index (Phi) is 6.26. The summed E-state index contributed by atoms with van der Waals surface area (Å²) in [7, 11) is 0. The molecule has 2 aromatic rings. The van der Waals surface area contributed by atoms with E-state index in [0.717, 1.165) is 12.0 Å². The van der Waals surface area contributed by atoms with Crippen molar-refractivity contribution in [2.24, 2.45) is 4.99 Å². The minimum atomic E-state index is -0.482. The van der Waals surface area contributed by atoms with E-state index in [9.17, 15) is 4.39 Å². The zero-order chi connectivity index (χ0) is 16.5. The van der Waals surface area contributed by atoms with Gasteiger partial charge in [-0.15, -0.1) is 6.58 Å². The van der Waals surface area contributed by atoms with Gasteiger partial charge in [0.2, 0.25) is 0 Å². The molecule has 0 unspecified atom stereocenters. The first-order chi connectivity index (χ1) is 11.2. The molecule has 114 valence electrons. The van der Waals surface area contributed by atoms with Crippen molar-refractivity contribution in [1.82, 2.24) is 0 Å². The molecule has 0 atom stereocenters. The van der Waals surface area contributed by atoms with Gasteiger partial charge in [0.15, 0.2) is 5.82 Å². The second kappa shape index (κ2) is 8.65. The van der Waals surface area contributed by atoms with Crippen molar-refractivity contribution in [1.29, 1.82) is 0 Å². The predicted molar refractivity (Wildman–Crippen MR) is 93.8 cm³/mol. The van der Waals surface area contributed by atoms with E-state index in [2.05, 4.69) is 40.8 Å². The number of ether oxygens (including phenoxy) is 1. The van der Waals surface area contributed by atoms with E-state index in [-0.39, 0.29) is 5.69 Å². The molecule has 0 aliphatic rings. The predicted octanol–water partition coefficient (Wildman–Crippen LogP) is 4.91. The van der Waals surface area contributed by atoms with E-state index in [4.69, 9.17) is 4.74 Å². The molecular weight excluding hydrogens is 309 g/mol. The lowest BCUT2D eigenvalue weighted by Crippen LogP contribution is -1.97. The van der Waals surface area contributed by atoms with Gasteiger partial charge in [0.05, 0.1) is 17.3 Å². The van der Waals surface area contributed by atoms with Gasteiger partial charge in [0, 0.05) is 5.56 Å². The van der Waals surface area contributed by atoms with Crippen LogP contribution >= 0.6 is 12.2 Å². The van der Waals surface area contributed by atoms with Gasteiger partial charge in [-0.05, 0) is 49.0 Å². The standard InChI is InChI=1S/C19H14FNOS/c1-2-3-12-22-19-7-5-4-6-16(19)10-8-15-9-11-18(21-14-23)17(20)13-15/h2,4-7,9,11,13H,1,3,12H2. The Morgan fingerprint density at radius 3 is 2.78 bits per heavy atom. The summed E-state index contributed by atoms with van der Waals surface area (Å²) in [6, 6.07) is 12.0. The number of para-hydroxylation sites is 1. The van der Waals surface area contributed by atoms with E-state index >= 15 is 0 Å². The van der Waals surface area contributed by atoms with Crippen molar-refractivity contribution >= 4 is 23.1 Å². The summed E-state index contributed by atoms with van der Waals surface area (Å²) in [6.07, 6.45) is 2.55. The van der Waals surface area contributed by atoms with Crippen LogP contribution in [0.15, 0.2) is 60.1 Å². The number of hydrogen-bond acceptors (Lipinski definition) is 3. The lowest BCUT2D eigenvalue weighted by Gasteiger charge is -2.06. The third-order valence-corrected chi connectivity index (χ3v) is 3.01. The van der Waals surface area contributed by atoms with Crippen LogP contribution < -0.4 is 4.74 Å². The van der Waals surface area contributed by atoms with Gasteiger partial charge in [-0.2, -0.15) is 4.99 Å². The van der Waals surface area contributed by atoms with Crippen LogP contribution in [0, 0.1) is 17.7 Å². The van der Waals surface area contributed by atoms with Crippen molar-refractivity contribution in [3.05, 3.63) is 72.1 Å². The molecular formula is C19H14FNOS. The molecule has 0 radical (unpaired) electrons. The fourth-order valence-corrected chi connectivity index (χ4v) is 1.91. The van der Waals surface area contributed by atoms with Gasteiger partial charge in [-0.1, -0.05) is 30.0 Å². The van der Waals surface area contributed by atoms with Gasteiger partial charge < -0.3 is 4.74 Å². The molecule has 23 heavy (non-hydrogen) atoms. The topological polar surface area (TPSA) is 21.6 Å². The van der Waals surface area contributed by atoms with Crippen LogP contribution in [0.5, 0.6) is 5.75 Å². The highest BCUT2D eigenvalue weighted by Crippen LogP contribution is 2.19. The Bertz CT molecular complexity index is 814. The third kappa shape index (κ3) is 4.89. The van der Waals surface area contributed by atoms with Crippen LogP contribution in [0.25, 0.3) is 0 Å². The molecule has 0 saturated heterocycles. The smallest absolute Gasteiger partial charge is 0.150 e. The lowest BCUT2D eigenvalue weighted by molar-refractivity contribution is 0.324. The zero-order valence-electron chi connectivity index (χ0n) is 12.4. The van der Waals surface area contributed by atoms with Crippen molar-refractivity contribution in [2.45, 2.75) is 6.42 Å². The fraction of sp³-hybridized carbons (Fsp3) is 0.105. The summed E-state index contributed by atoms with van der Waals surface area (Å²) in [5.74, 6) is 6.14. The van der Waals surface area contributed by atoms with Crippen LogP contribution in [0.2, 0.25) is 0 Å². The summed E-state index contributed by atoms with van der Waals surface area (Å²) in [4.78, 5) is 3.64. The van der Waals surface area contributed by atoms with E-state index in [1.165, 1.54) is 12.1 Å². The Hall–Kier alpha value is -2.73. The molecule has 0 saturated carbocycles. The molecule has 0 aliphatic carbocycles. The molecule has 2 rings (SSSR count). The summed E-state index contributed by atoms with van der Waals surface area (Å²) in [5.41, 5.74) is 1.45. The molecule has 4 heteroatoms. The lowest BCUT2D eigenvalue weighted by atomic mass is 10.1. The first-order valence-corrected chi connectivity index (χ1v) is 7.37. The van der Waals surface area contributed by atoms with Crippen molar-refractivity contribution in [3.63, 3.8) is 0 Å². The molecule has 2 aromatic carbocycles. The van der Waals surface area contributed by atoms with Gasteiger partial charge in [0.25, 0.3) is 0 Å². The molecule has 0 aromatic heterocycles. The Balaban J connectivity index is 2.23. The van der Waals surface area contributed by atoms with Crippen LogP contribution in [0.1, 0.15) is 17.5 Å². The minimum absolute atomic E-state index is 0.152.